The van der Waals surface area contributed by atoms with Gasteiger partial charge in [0, 0.05) is 11.6 Å². The summed E-state index contributed by atoms with van der Waals surface area (Å²) in [5.74, 6) is 1.39. The molecule has 0 amide bonds. The van der Waals surface area contributed by atoms with Crippen molar-refractivity contribution in [1.82, 2.24) is 0 Å². The van der Waals surface area contributed by atoms with E-state index in [4.69, 9.17) is 32.7 Å². The van der Waals surface area contributed by atoms with Gasteiger partial charge in [-0.15, -0.1) is 0 Å². The Morgan fingerprint density at radius 3 is 2.55 bits per heavy atom. The van der Waals surface area contributed by atoms with E-state index < -0.39 is 0 Å². The molecule has 0 aliphatic carbocycles. The van der Waals surface area contributed by atoms with E-state index in [1.54, 1.807) is 12.1 Å². The molecule has 0 heterocycles. The molecule has 0 aliphatic heterocycles. The summed E-state index contributed by atoms with van der Waals surface area (Å²) in [6.45, 7) is 5.60. The number of halogens is 3. The molecule has 29 heavy (non-hydrogen) atoms. The normalized spacial score (nSPS) is 10.7. The molecular weight excluding hydrogens is 473 g/mol. The average Bonchev–Trinajstić information content (AvgIpc) is 2.68. The first-order valence-electron chi connectivity index (χ1n) is 9.28. The van der Waals surface area contributed by atoms with Crippen molar-refractivity contribution in [3.8, 4) is 11.5 Å². The van der Waals surface area contributed by atoms with Crippen LogP contribution < -0.4 is 14.8 Å². The zero-order chi connectivity index (χ0) is 20.8. The van der Waals surface area contributed by atoms with Crippen molar-refractivity contribution in [3.05, 3.63) is 85.8 Å². The van der Waals surface area contributed by atoms with Gasteiger partial charge in [-0.1, -0.05) is 53.0 Å². The lowest BCUT2D eigenvalue weighted by Crippen LogP contribution is -2.04. The minimum Gasteiger partial charge on any atom is -0.490 e. The number of ether oxygens (including phenoxy) is 2. The van der Waals surface area contributed by atoms with Crippen LogP contribution in [0, 0.1) is 6.92 Å². The summed E-state index contributed by atoms with van der Waals surface area (Å²) in [7, 11) is 0. The monoisotopic (exact) mass is 493 g/mol. The Hall–Kier alpha value is -1.88. The van der Waals surface area contributed by atoms with Crippen LogP contribution in [0.3, 0.4) is 0 Å². The fraction of sp³-hybridized carbons (Fsp3) is 0.217. The van der Waals surface area contributed by atoms with E-state index >= 15 is 0 Å². The van der Waals surface area contributed by atoms with Gasteiger partial charge < -0.3 is 14.8 Å². The third kappa shape index (κ3) is 6.05. The molecule has 0 bridgehead atoms. The van der Waals surface area contributed by atoms with Gasteiger partial charge in [-0.05, 0) is 71.2 Å². The maximum absolute atomic E-state index is 6.24. The van der Waals surface area contributed by atoms with Crippen molar-refractivity contribution >= 4 is 44.8 Å². The van der Waals surface area contributed by atoms with E-state index in [-0.39, 0.29) is 0 Å². The van der Waals surface area contributed by atoms with Gasteiger partial charge in [-0.3, -0.25) is 0 Å². The fourth-order valence-electron chi connectivity index (χ4n) is 2.91. The number of hydrogen-bond acceptors (Lipinski definition) is 3. The van der Waals surface area contributed by atoms with Crippen molar-refractivity contribution in [2.75, 3.05) is 11.9 Å². The highest BCUT2D eigenvalue weighted by molar-refractivity contribution is 9.10. The van der Waals surface area contributed by atoms with Gasteiger partial charge in [-0.25, -0.2) is 0 Å². The highest BCUT2D eigenvalue weighted by Crippen LogP contribution is 2.38. The van der Waals surface area contributed by atoms with Crippen LogP contribution in [0.25, 0.3) is 0 Å². The summed E-state index contributed by atoms with van der Waals surface area (Å²) in [6, 6.07) is 17.6. The largest absolute Gasteiger partial charge is 0.490 e. The lowest BCUT2D eigenvalue weighted by atomic mass is 10.1. The Morgan fingerprint density at radius 2 is 1.79 bits per heavy atom. The molecule has 0 unspecified atom stereocenters. The van der Waals surface area contributed by atoms with E-state index in [2.05, 4.69) is 40.3 Å². The number of hydrogen-bond donors (Lipinski definition) is 1. The van der Waals surface area contributed by atoms with Crippen LogP contribution in [0.2, 0.25) is 10.0 Å². The smallest absolute Gasteiger partial charge is 0.175 e. The predicted molar refractivity (Wildman–Crippen MR) is 125 cm³/mol. The Bertz CT molecular complexity index is 995. The first-order chi connectivity index (χ1) is 14.0. The molecule has 152 valence electrons. The summed E-state index contributed by atoms with van der Waals surface area (Å²) in [4.78, 5) is 0. The van der Waals surface area contributed by atoms with Crippen molar-refractivity contribution in [3.63, 3.8) is 0 Å². The predicted octanol–water partition coefficient (Wildman–Crippen LogP) is 7.65. The number of rotatable bonds is 8. The molecule has 0 atom stereocenters. The number of benzene rings is 3. The topological polar surface area (TPSA) is 30.5 Å². The number of aryl methyl sites for hydroxylation is 1. The molecule has 3 aromatic carbocycles. The highest BCUT2D eigenvalue weighted by Gasteiger charge is 2.13. The summed E-state index contributed by atoms with van der Waals surface area (Å²) >= 11 is 15.9. The van der Waals surface area contributed by atoms with Gasteiger partial charge in [0.1, 0.15) is 6.61 Å². The third-order valence-electron chi connectivity index (χ3n) is 4.25. The minimum atomic E-state index is 0.468. The maximum Gasteiger partial charge on any atom is 0.175 e. The molecule has 0 saturated heterocycles. The first kappa shape index (κ1) is 21.8. The second kappa shape index (κ2) is 10.2. The molecule has 0 fully saturated rings. The second-order valence-electron chi connectivity index (χ2n) is 6.59. The lowest BCUT2D eigenvalue weighted by molar-refractivity contribution is 0.267. The van der Waals surface area contributed by atoms with Gasteiger partial charge in [0.25, 0.3) is 0 Å². The van der Waals surface area contributed by atoms with Gasteiger partial charge in [0.2, 0.25) is 0 Å². The van der Waals surface area contributed by atoms with Crippen LogP contribution >= 0.6 is 39.1 Å². The minimum absolute atomic E-state index is 0.468. The van der Waals surface area contributed by atoms with E-state index in [9.17, 15) is 0 Å². The molecule has 6 heteroatoms. The molecule has 0 aromatic heterocycles. The lowest BCUT2D eigenvalue weighted by Gasteiger charge is -2.16. The fourth-order valence-corrected chi connectivity index (χ4v) is 3.87. The Balaban J connectivity index is 1.77. The van der Waals surface area contributed by atoms with E-state index in [0.717, 1.165) is 21.3 Å². The maximum atomic E-state index is 6.24. The van der Waals surface area contributed by atoms with Gasteiger partial charge in [0.05, 0.1) is 21.8 Å². The van der Waals surface area contributed by atoms with Crippen molar-refractivity contribution in [2.45, 2.75) is 27.0 Å². The van der Waals surface area contributed by atoms with Crippen LogP contribution in [0.15, 0.2) is 59.1 Å². The van der Waals surface area contributed by atoms with Crippen molar-refractivity contribution < 1.29 is 9.47 Å². The molecule has 1 N–H and O–H groups in total. The second-order valence-corrected chi connectivity index (χ2v) is 8.29. The van der Waals surface area contributed by atoms with Crippen LogP contribution in [0.5, 0.6) is 11.5 Å². The molecule has 0 radical (unpaired) electrons. The Morgan fingerprint density at radius 1 is 0.966 bits per heavy atom. The van der Waals surface area contributed by atoms with Gasteiger partial charge >= 0.3 is 0 Å². The average molecular weight is 495 g/mol. The highest BCUT2D eigenvalue weighted by atomic mass is 79.9. The molecule has 3 nitrogen and oxygen atoms in total. The molecule has 3 aromatic rings. The van der Waals surface area contributed by atoms with E-state index in [1.807, 2.05) is 37.3 Å². The number of anilines is 1. The van der Waals surface area contributed by atoms with E-state index in [0.29, 0.717) is 41.3 Å². The summed E-state index contributed by atoms with van der Waals surface area (Å²) in [6.07, 6.45) is 0. The van der Waals surface area contributed by atoms with Gasteiger partial charge in [-0.2, -0.15) is 0 Å². The molecular formula is C23H22BrCl2NO2. The Labute approximate surface area is 190 Å². The Kier molecular flexibility index (Phi) is 7.70. The third-order valence-corrected chi connectivity index (χ3v) is 5.40. The quantitative estimate of drug-likeness (QED) is 0.348. The standard InChI is InChI=1S/C23H22BrCl2NO2/c1-3-28-22-11-17(13-27-21-12-18(25)7-8-20(21)26)10-19(24)23(22)29-14-16-6-4-5-15(2)9-16/h4-12,27H,3,13-14H2,1-2H3. The van der Waals surface area contributed by atoms with Gasteiger partial charge in [0.15, 0.2) is 11.5 Å². The van der Waals surface area contributed by atoms with E-state index in [1.165, 1.54) is 5.56 Å². The van der Waals surface area contributed by atoms with Crippen molar-refractivity contribution in [2.24, 2.45) is 0 Å². The van der Waals surface area contributed by atoms with Crippen LogP contribution in [-0.4, -0.2) is 6.61 Å². The van der Waals surface area contributed by atoms with Crippen molar-refractivity contribution in [1.29, 1.82) is 0 Å². The summed E-state index contributed by atoms with van der Waals surface area (Å²) in [5.41, 5.74) is 4.13. The first-order valence-corrected chi connectivity index (χ1v) is 10.8. The van der Waals surface area contributed by atoms with Crippen LogP contribution in [-0.2, 0) is 13.2 Å². The number of nitrogens with one attached hydrogen (secondary N) is 1. The zero-order valence-corrected chi connectivity index (χ0v) is 19.4. The van der Waals surface area contributed by atoms with Crippen LogP contribution in [0.1, 0.15) is 23.6 Å². The molecule has 0 spiro atoms. The SMILES string of the molecule is CCOc1cc(CNc2cc(Cl)ccc2Cl)cc(Br)c1OCc1cccc(C)c1. The molecule has 3 rings (SSSR count). The van der Waals surface area contributed by atoms with Crippen LogP contribution in [0.4, 0.5) is 5.69 Å². The zero-order valence-electron chi connectivity index (χ0n) is 16.3. The molecule has 0 saturated carbocycles. The summed E-state index contributed by atoms with van der Waals surface area (Å²) < 4.78 is 12.8. The molecule has 0 aliphatic rings. The summed E-state index contributed by atoms with van der Waals surface area (Å²) in [5, 5.41) is 4.57.